The molecule has 3 N–H and O–H groups in total. The van der Waals surface area contributed by atoms with Crippen molar-refractivity contribution < 1.29 is 49.4 Å². The van der Waals surface area contributed by atoms with Crippen molar-refractivity contribution in [1.29, 1.82) is 0 Å². The molecular formula is C34H26F8N4O3. The number of aromatic amines is 1. The van der Waals surface area contributed by atoms with Crippen LogP contribution in [0, 0.1) is 0 Å². The van der Waals surface area contributed by atoms with Crippen LogP contribution in [0.25, 0.3) is 11.3 Å². The molecule has 0 spiro atoms. The molecule has 2 amide bonds. The van der Waals surface area contributed by atoms with Crippen LogP contribution >= 0.6 is 0 Å². The van der Waals surface area contributed by atoms with E-state index in [1.807, 2.05) is 0 Å². The average molecular weight is 691 g/mol. The summed E-state index contributed by atoms with van der Waals surface area (Å²) in [5.41, 5.74) is -1.04. The lowest BCUT2D eigenvalue weighted by Gasteiger charge is -2.37. The van der Waals surface area contributed by atoms with Gasteiger partial charge in [0.05, 0.1) is 11.2 Å². The Kier molecular flexibility index (Phi) is 9.56. The third-order valence-corrected chi connectivity index (χ3v) is 7.23. The minimum absolute atomic E-state index is 0.00912. The van der Waals surface area contributed by atoms with Crippen LogP contribution in [0.1, 0.15) is 29.2 Å². The Bertz CT molecular complexity index is 1840. The fraction of sp³-hybridized carbons (Fsp3) is 0.176. The first-order valence-electron chi connectivity index (χ1n) is 14.4. The number of nitrogens with zero attached hydrogens (tertiary/aromatic N) is 1. The lowest BCUT2D eigenvalue weighted by Crippen LogP contribution is -2.50. The Balaban J connectivity index is 1.58. The van der Waals surface area contributed by atoms with Crippen molar-refractivity contribution in [1.82, 2.24) is 15.3 Å². The summed E-state index contributed by atoms with van der Waals surface area (Å²) in [4.78, 5) is 20.7. The number of amides is 2. The lowest BCUT2D eigenvalue weighted by molar-refractivity contribution is -0.275. The van der Waals surface area contributed by atoms with Gasteiger partial charge in [-0.3, -0.25) is 5.32 Å². The number of rotatable bonds is 10. The maximum atomic E-state index is 13.9. The van der Waals surface area contributed by atoms with Crippen molar-refractivity contribution in [3.05, 3.63) is 132 Å². The molecule has 1 heterocycles. The minimum atomic E-state index is -5.07. The summed E-state index contributed by atoms with van der Waals surface area (Å²) < 4.78 is 115. The molecule has 0 atom stereocenters. The van der Waals surface area contributed by atoms with Crippen molar-refractivity contribution >= 4 is 12.0 Å². The second kappa shape index (κ2) is 13.5. The van der Waals surface area contributed by atoms with Gasteiger partial charge in [0.2, 0.25) is 5.95 Å². The number of hydrogen-bond donors (Lipinski definition) is 3. The summed E-state index contributed by atoms with van der Waals surface area (Å²) in [6, 6.07) is 22.1. The second-order valence-corrected chi connectivity index (χ2v) is 10.9. The van der Waals surface area contributed by atoms with Gasteiger partial charge in [0.25, 0.3) is 5.92 Å². The van der Waals surface area contributed by atoms with E-state index < -0.39 is 41.7 Å². The molecule has 49 heavy (non-hydrogen) atoms. The highest BCUT2D eigenvalue weighted by Crippen LogP contribution is 2.39. The molecule has 0 bridgehead atoms. The molecule has 0 fully saturated rings. The summed E-state index contributed by atoms with van der Waals surface area (Å²) in [6.07, 6.45) is -8.96. The molecule has 256 valence electrons. The summed E-state index contributed by atoms with van der Waals surface area (Å²) >= 11 is 0. The van der Waals surface area contributed by atoms with E-state index in [1.165, 1.54) is 54.7 Å². The number of anilines is 1. The molecule has 0 radical (unpaired) electrons. The maximum absolute atomic E-state index is 13.9. The smallest absolute Gasteiger partial charge is 0.406 e. The van der Waals surface area contributed by atoms with E-state index in [0.717, 1.165) is 31.2 Å². The van der Waals surface area contributed by atoms with E-state index in [2.05, 4.69) is 30.1 Å². The van der Waals surface area contributed by atoms with Crippen LogP contribution in [0.4, 0.5) is 45.9 Å². The van der Waals surface area contributed by atoms with E-state index in [1.54, 1.807) is 30.3 Å². The highest BCUT2D eigenvalue weighted by molar-refractivity contribution is 5.89. The quantitative estimate of drug-likeness (QED) is 0.128. The Labute approximate surface area is 273 Å². The van der Waals surface area contributed by atoms with Crippen LogP contribution < -0.4 is 20.1 Å². The largest absolute Gasteiger partial charge is 0.573 e. The topological polar surface area (TPSA) is 88.3 Å². The molecule has 5 rings (SSSR count). The van der Waals surface area contributed by atoms with Crippen molar-refractivity contribution in [2.75, 3.05) is 5.32 Å². The van der Waals surface area contributed by atoms with E-state index in [0.29, 0.717) is 11.1 Å². The average Bonchev–Trinajstić information content (AvgIpc) is 3.48. The van der Waals surface area contributed by atoms with Gasteiger partial charge in [0.1, 0.15) is 11.5 Å². The van der Waals surface area contributed by atoms with Crippen molar-refractivity contribution in [2.45, 2.75) is 37.5 Å². The van der Waals surface area contributed by atoms with E-state index in [-0.39, 0.29) is 34.8 Å². The molecule has 5 aromatic rings. The molecular weight excluding hydrogens is 664 g/mol. The Morgan fingerprint density at radius 1 is 0.714 bits per heavy atom. The molecule has 0 aliphatic heterocycles. The van der Waals surface area contributed by atoms with Gasteiger partial charge in [-0.05, 0) is 47.0 Å². The highest BCUT2D eigenvalue weighted by Gasteiger charge is 2.39. The van der Waals surface area contributed by atoms with Crippen molar-refractivity contribution in [2.24, 2.45) is 0 Å². The SMILES string of the molecule is CC(F)(F)c1cccc(-c2c[nH]c(NC(=O)NC(Cc3ccccc3)(c3cccc(OC(F)(F)F)c3)c3cccc(OC(F)(F)F)c3)n2)c1. The number of ether oxygens (including phenoxy) is 2. The summed E-state index contributed by atoms with van der Waals surface area (Å²) in [6.45, 7) is 0.742. The zero-order chi connectivity index (χ0) is 35.5. The number of hydrogen-bond acceptors (Lipinski definition) is 4. The third-order valence-electron chi connectivity index (χ3n) is 7.23. The van der Waals surface area contributed by atoms with Crippen LogP contribution in [0.2, 0.25) is 0 Å². The Hall–Kier alpha value is -5.60. The highest BCUT2D eigenvalue weighted by atomic mass is 19.4. The normalized spacial score (nSPS) is 12.3. The van der Waals surface area contributed by atoms with Gasteiger partial charge in [-0.25, -0.2) is 18.6 Å². The summed E-state index contributed by atoms with van der Waals surface area (Å²) in [5.74, 6) is -4.57. The van der Waals surface area contributed by atoms with Crippen molar-refractivity contribution in [3.63, 3.8) is 0 Å². The Morgan fingerprint density at radius 2 is 1.27 bits per heavy atom. The maximum Gasteiger partial charge on any atom is 0.573 e. The van der Waals surface area contributed by atoms with E-state index >= 15 is 0 Å². The van der Waals surface area contributed by atoms with Gasteiger partial charge >= 0.3 is 18.8 Å². The van der Waals surface area contributed by atoms with Gasteiger partial charge in [0.15, 0.2) is 0 Å². The molecule has 4 aromatic carbocycles. The molecule has 1 aromatic heterocycles. The van der Waals surface area contributed by atoms with Crippen molar-refractivity contribution in [3.8, 4) is 22.8 Å². The summed E-state index contributed by atoms with van der Waals surface area (Å²) in [5, 5.41) is 5.21. The van der Waals surface area contributed by atoms with Gasteiger partial charge in [-0.1, -0.05) is 72.8 Å². The number of alkyl halides is 8. The molecule has 7 nitrogen and oxygen atoms in total. The standard InChI is InChI=1S/C34H26F8N4O3/c1-31(35,36)23-11-5-10-22(16-23)28-20-43-29(44-28)45-30(47)46-32(19-21-8-3-2-4-9-21,24-12-6-14-26(17-24)48-33(37,38)39)25-13-7-15-27(18-25)49-34(40,41)42/h2-18,20H,19H2,1H3,(H3,43,44,45,46,47). The Morgan fingerprint density at radius 3 is 1.82 bits per heavy atom. The van der Waals surface area contributed by atoms with Gasteiger partial charge in [-0.15, -0.1) is 26.3 Å². The number of nitrogens with one attached hydrogen (secondary N) is 3. The zero-order valence-corrected chi connectivity index (χ0v) is 25.3. The molecule has 0 unspecified atom stereocenters. The molecule has 0 saturated heterocycles. The number of imidazole rings is 1. The number of benzene rings is 4. The van der Waals surface area contributed by atoms with Gasteiger partial charge in [0, 0.05) is 30.7 Å². The fourth-order valence-electron chi connectivity index (χ4n) is 5.20. The second-order valence-electron chi connectivity index (χ2n) is 10.9. The zero-order valence-electron chi connectivity index (χ0n) is 25.3. The summed E-state index contributed by atoms with van der Waals surface area (Å²) in [7, 11) is 0. The third kappa shape index (κ3) is 9.06. The number of H-pyrrole nitrogens is 1. The monoisotopic (exact) mass is 690 g/mol. The van der Waals surface area contributed by atoms with E-state index in [9.17, 15) is 39.9 Å². The first-order valence-corrected chi connectivity index (χ1v) is 14.4. The van der Waals surface area contributed by atoms with Crippen LogP contribution in [0.5, 0.6) is 11.5 Å². The molecule has 15 heteroatoms. The predicted molar refractivity (Wildman–Crippen MR) is 163 cm³/mol. The van der Waals surface area contributed by atoms with Gasteiger partial charge < -0.3 is 19.8 Å². The number of carbonyl (C=O) groups is 1. The number of urea groups is 1. The number of halogens is 8. The number of carbonyl (C=O) groups excluding carboxylic acids is 1. The van der Waals surface area contributed by atoms with Crippen LogP contribution in [0.15, 0.2) is 109 Å². The number of aromatic nitrogens is 2. The van der Waals surface area contributed by atoms with Crippen LogP contribution in [0.3, 0.4) is 0 Å². The van der Waals surface area contributed by atoms with Crippen LogP contribution in [-0.2, 0) is 17.9 Å². The minimum Gasteiger partial charge on any atom is -0.406 e. The first-order chi connectivity index (χ1) is 23.0. The van der Waals surface area contributed by atoms with Crippen LogP contribution in [-0.4, -0.2) is 28.7 Å². The molecule has 0 aliphatic carbocycles. The predicted octanol–water partition coefficient (Wildman–Crippen LogP) is 9.29. The molecule has 0 aliphatic rings. The van der Waals surface area contributed by atoms with Gasteiger partial charge in [-0.2, -0.15) is 0 Å². The van der Waals surface area contributed by atoms with E-state index in [4.69, 9.17) is 0 Å². The lowest BCUT2D eigenvalue weighted by atomic mass is 9.77. The molecule has 0 saturated carbocycles. The fourth-order valence-corrected chi connectivity index (χ4v) is 5.20. The first kappa shape index (κ1) is 34.7.